The second-order valence-electron chi connectivity index (χ2n) is 8.69. The molecule has 0 unspecified atom stereocenters. The average Bonchev–Trinajstić information content (AvgIpc) is 3.16. The van der Waals surface area contributed by atoms with E-state index in [1.165, 1.54) is 17.7 Å². The Bertz CT molecular complexity index is 871. The summed E-state index contributed by atoms with van der Waals surface area (Å²) in [5.41, 5.74) is 4.06. The first-order valence-corrected chi connectivity index (χ1v) is 10.9. The zero-order valence-corrected chi connectivity index (χ0v) is 18.6. The summed E-state index contributed by atoms with van der Waals surface area (Å²) in [5.74, 6) is 0.153. The van der Waals surface area contributed by atoms with Gasteiger partial charge in [0, 0.05) is 38.2 Å². The zero-order valence-electron chi connectivity index (χ0n) is 18.6. The number of nitrogens with zero attached hydrogens (tertiary/aromatic N) is 2. The van der Waals surface area contributed by atoms with E-state index in [1.54, 1.807) is 6.07 Å². The molecule has 1 aliphatic rings. The summed E-state index contributed by atoms with van der Waals surface area (Å²) in [4.78, 5) is 7.80. The summed E-state index contributed by atoms with van der Waals surface area (Å²) in [6.07, 6.45) is -0.0535. The number of benzene rings is 2. The van der Waals surface area contributed by atoms with Crippen LogP contribution in [0, 0.1) is 18.7 Å². The molecular weight excluding hydrogens is 395 g/mol. The van der Waals surface area contributed by atoms with Crippen LogP contribution in [0.25, 0.3) is 0 Å². The van der Waals surface area contributed by atoms with Gasteiger partial charge in [-0.15, -0.1) is 0 Å². The van der Waals surface area contributed by atoms with Crippen molar-refractivity contribution in [2.45, 2.75) is 45.9 Å². The third-order valence-corrected chi connectivity index (χ3v) is 5.18. The van der Waals surface area contributed by atoms with Crippen molar-refractivity contribution in [3.05, 3.63) is 71.0 Å². The van der Waals surface area contributed by atoms with Crippen molar-refractivity contribution in [2.75, 3.05) is 26.3 Å². The quantitative estimate of drug-likeness (QED) is 0.584. The molecule has 0 aliphatic carbocycles. The Labute approximate surface area is 184 Å². The first-order chi connectivity index (χ1) is 14.9. The van der Waals surface area contributed by atoms with Gasteiger partial charge in [-0.2, -0.15) is 0 Å². The van der Waals surface area contributed by atoms with Gasteiger partial charge in [0.05, 0.1) is 18.4 Å². The van der Waals surface area contributed by atoms with E-state index < -0.39 is 6.10 Å². The van der Waals surface area contributed by atoms with E-state index in [0.29, 0.717) is 38.6 Å². The third kappa shape index (κ3) is 7.42. The fourth-order valence-corrected chi connectivity index (χ4v) is 3.76. The normalized spacial score (nSPS) is 17.1. The third-order valence-electron chi connectivity index (χ3n) is 5.18. The van der Waals surface area contributed by atoms with Crippen LogP contribution in [0.15, 0.2) is 53.7 Å². The van der Waals surface area contributed by atoms with E-state index in [-0.39, 0.29) is 18.5 Å². The summed E-state index contributed by atoms with van der Waals surface area (Å²) in [5, 5.41) is 14.8. The fourth-order valence-electron chi connectivity index (χ4n) is 3.76. The van der Waals surface area contributed by atoms with Crippen LogP contribution in [0.2, 0.25) is 0 Å². The van der Waals surface area contributed by atoms with E-state index in [4.69, 9.17) is 9.57 Å². The van der Waals surface area contributed by atoms with Crippen molar-refractivity contribution in [3.63, 3.8) is 0 Å². The highest BCUT2D eigenvalue weighted by atomic mass is 19.1. The number of oxime groups is 1. The molecule has 0 fully saturated rings. The highest BCUT2D eigenvalue weighted by Gasteiger charge is 2.26. The molecule has 0 spiro atoms. The predicted molar refractivity (Wildman–Crippen MR) is 121 cm³/mol. The molecule has 6 heteroatoms. The second kappa shape index (κ2) is 11.4. The number of aryl methyl sites for hydroxylation is 1. The Kier molecular flexibility index (Phi) is 8.58. The molecule has 0 saturated carbocycles. The summed E-state index contributed by atoms with van der Waals surface area (Å²) in [7, 11) is 0. The first-order valence-electron chi connectivity index (χ1n) is 10.9. The number of aliphatic hydroxyl groups excluding tert-OH is 1. The van der Waals surface area contributed by atoms with Gasteiger partial charge in [0.15, 0.2) is 0 Å². The molecule has 3 rings (SSSR count). The van der Waals surface area contributed by atoms with Crippen molar-refractivity contribution >= 4 is 5.71 Å². The minimum atomic E-state index is -0.634. The molecule has 0 bridgehead atoms. The summed E-state index contributed by atoms with van der Waals surface area (Å²) in [6.45, 7) is 8.60. The number of hydrogen-bond donors (Lipinski definition) is 1. The van der Waals surface area contributed by atoms with Gasteiger partial charge >= 0.3 is 0 Å². The van der Waals surface area contributed by atoms with Gasteiger partial charge in [0.1, 0.15) is 11.9 Å². The monoisotopic (exact) mass is 428 g/mol. The molecule has 1 N–H and O–H groups in total. The Morgan fingerprint density at radius 1 is 1.19 bits per heavy atom. The van der Waals surface area contributed by atoms with Crippen molar-refractivity contribution in [1.29, 1.82) is 0 Å². The van der Waals surface area contributed by atoms with Crippen LogP contribution >= 0.6 is 0 Å². The Balaban J connectivity index is 1.61. The number of hydrogen-bond acceptors (Lipinski definition) is 5. The van der Waals surface area contributed by atoms with Crippen LogP contribution in [0.3, 0.4) is 0 Å². The number of halogens is 1. The van der Waals surface area contributed by atoms with Gasteiger partial charge in [0.25, 0.3) is 0 Å². The standard InChI is InChI=1S/C25H33FN2O3/c1-18(2)16-30-17-22(29)14-28(13-20-8-6-9-21(26)11-20)15-23-12-25(27-31-23)24-10-5-4-7-19(24)3/h4-11,18,22-23,29H,12-17H2,1-3H3/t22-,23-/m1/s1. The lowest BCUT2D eigenvalue weighted by molar-refractivity contribution is -0.00735. The van der Waals surface area contributed by atoms with E-state index in [0.717, 1.165) is 16.8 Å². The van der Waals surface area contributed by atoms with Crippen molar-refractivity contribution in [1.82, 2.24) is 4.90 Å². The van der Waals surface area contributed by atoms with Crippen molar-refractivity contribution < 1.29 is 19.1 Å². The lowest BCUT2D eigenvalue weighted by atomic mass is 10.00. The molecule has 0 amide bonds. The summed E-state index contributed by atoms with van der Waals surface area (Å²) in [6, 6.07) is 14.7. The first kappa shape index (κ1) is 23.4. The largest absolute Gasteiger partial charge is 0.390 e. The van der Waals surface area contributed by atoms with Gasteiger partial charge in [-0.25, -0.2) is 4.39 Å². The van der Waals surface area contributed by atoms with Crippen LogP contribution in [-0.2, 0) is 16.1 Å². The molecule has 2 aromatic carbocycles. The zero-order chi connectivity index (χ0) is 22.2. The van der Waals surface area contributed by atoms with Gasteiger partial charge in [-0.1, -0.05) is 55.4 Å². The lowest BCUT2D eigenvalue weighted by Crippen LogP contribution is -2.39. The SMILES string of the molecule is Cc1ccccc1C1=NO[C@@H](CN(Cc2cccc(F)c2)C[C@@H](O)COCC(C)C)C1. The molecule has 2 atom stereocenters. The highest BCUT2D eigenvalue weighted by Crippen LogP contribution is 2.21. The molecule has 0 saturated heterocycles. The second-order valence-corrected chi connectivity index (χ2v) is 8.69. The van der Waals surface area contributed by atoms with E-state index in [1.807, 2.05) is 18.2 Å². The van der Waals surface area contributed by atoms with Gasteiger partial charge in [-0.3, -0.25) is 4.90 Å². The molecule has 0 radical (unpaired) electrons. The molecular formula is C25H33FN2O3. The minimum absolute atomic E-state index is 0.119. The summed E-state index contributed by atoms with van der Waals surface area (Å²) < 4.78 is 19.3. The maximum absolute atomic E-state index is 13.7. The number of rotatable bonds is 11. The van der Waals surface area contributed by atoms with E-state index in [2.05, 4.69) is 43.0 Å². The highest BCUT2D eigenvalue weighted by molar-refractivity contribution is 6.02. The fraction of sp³-hybridized carbons (Fsp3) is 0.480. The summed E-state index contributed by atoms with van der Waals surface area (Å²) >= 11 is 0. The van der Waals surface area contributed by atoms with Crippen LogP contribution < -0.4 is 0 Å². The predicted octanol–water partition coefficient (Wildman–Crippen LogP) is 4.16. The number of ether oxygens (including phenoxy) is 1. The molecule has 1 aliphatic heterocycles. The van der Waals surface area contributed by atoms with E-state index >= 15 is 0 Å². The molecule has 5 nitrogen and oxygen atoms in total. The lowest BCUT2D eigenvalue weighted by Gasteiger charge is -2.27. The van der Waals surface area contributed by atoms with Crippen LogP contribution in [-0.4, -0.2) is 54.2 Å². The topological polar surface area (TPSA) is 54.3 Å². The number of aliphatic hydroxyl groups is 1. The maximum atomic E-state index is 13.7. The van der Waals surface area contributed by atoms with Crippen LogP contribution in [0.4, 0.5) is 4.39 Å². The molecule has 31 heavy (non-hydrogen) atoms. The Morgan fingerprint density at radius 3 is 2.74 bits per heavy atom. The Morgan fingerprint density at radius 2 is 2.00 bits per heavy atom. The van der Waals surface area contributed by atoms with Gasteiger partial charge < -0.3 is 14.7 Å². The smallest absolute Gasteiger partial charge is 0.145 e. The molecule has 0 aromatic heterocycles. The minimum Gasteiger partial charge on any atom is -0.390 e. The maximum Gasteiger partial charge on any atom is 0.145 e. The average molecular weight is 429 g/mol. The van der Waals surface area contributed by atoms with Crippen LogP contribution in [0.5, 0.6) is 0 Å². The Hall–Kier alpha value is -2.28. The molecule has 1 heterocycles. The van der Waals surface area contributed by atoms with E-state index in [9.17, 15) is 9.50 Å². The van der Waals surface area contributed by atoms with Crippen molar-refractivity contribution in [2.24, 2.45) is 11.1 Å². The molecule has 2 aromatic rings. The van der Waals surface area contributed by atoms with Crippen LogP contribution in [0.1, 0.15) is 37.0 Å². The molecule has 168 valence electrons. The van der Waals surface area contributed by atoms with Crippen molar-refractivity contribution in [3.8, 4) is 0 Å². The van der Waals surface area contributed by atoms with Gasteiger partial charge in [-0.05, 0) is 36.1 Å². The van der Waals surface area contributed by atoms with Gasteiger partial charge in [0.2, 0.25) is 0 Å².